The van der Waals surface area contributed by atoms with Gasteiger partial charge in [-0.2, -0.15) is 0 Å². The first-order valence-corrected chi connectivity index (χ1v) is 4.27. The van der Waals surface area contributed by atoms with Gasteiger partial charge in [-0.05, 0) is 12.5 Å². The van der Waals surface area contributed by atoms with E-state index in [1.807, 2.05) is 0 Å². The lowest BCUT2D eigenvalue weighted by Crippen LogP contribution is -1.80. The van der Waals surface area contributed by atoms with Crippen LogP contribution in [0, 0.1) is 13.0 Å². The van der Waals surface area contributed by atoms with E-state index in [0.29, 0.717) is 20.6 Å². The Morgan fingerprint density at radius 3 is 2.00 bits per heavy atom. The fourth-order valence-electron chi connectivity index (χ4n) is 0.602. The van der Waals surface area contributed by atoms with Crippen molar-refractivity contribution < 1.29 is 0 Å². The molecule has 0 heterocycles. The first-order valence-electron chi connectivity index (χ1n) is 2.76. The Hall–Kier alpha value is 0.380. The van der Waals surface area contributed by atoms with E-state index in [1.54, 1.807) is 6.92 Å². The van der Waals surface area contributed by atoms with Crippen LogP contribution in [0.1, 0.15) is 5.56 Å². The molecule has 0 fully saturated rings. The van der Waals surface area contributed by atoms with Crippen LogP contribution in [0.15, 0.2) is 0 Å². The number of hydrogen-bond acceptors (Lipinski definition) is 0. The monoisotopic (exact) mass is 227 g/mol. The summed E-state index contributed by atoms with van der Waals surface area (Å²) in [6, 6.07) is 2.66. The Labute approximate surface area is 85.0 Å². The van der Waals surface area contributed by atoms with Crippen LogP contribution in [-0.4, -0.2) is 0 Å². The van der Waals surface area contributed by atoms with Crippen LogP contribution in [0.2, 0.25) is 20.1 Å². The maximum absolute atomic E-state index is 5.77. The average Bonchev–Trinajstić information content (AvgIpc) is 1.97. The van der Waals surface area contributed by atoms with Crippen molar-refractivity contribution in [1.82, 2.24) is 0 Å². The molecular formula is C7H3Cl4. The van der Waals surface area contributed by atoms with Gasteiger partial charge in [-0.15, -0.1) is 0 Å². The summed E-state index contributed by atoms with van der Waals surface area (Å²) in [4.78, 5) is 0. The Morgan fingerprint density at radius 1 is 0.909 bits per heavy atom. The molecule has 1 aromatic rings. The summed E-state index contributed by atoms with van der Waals surface area (Å²) in [5, 5.41) is 1.35. The lowest BCUT2D eigenvalue weighted by atomic mass is 10.2. The lowest BCUT2D eigenvalue weighted by molar-refractivity contribution is 1.46. The third kappa shape index (κ3) is 1.75. The van der Waals surface area contributed by atoms with Crippen molar-refractivity contribution >= 4 is 46.4 Å². The van der Waals surface area contributed by atoms with Gasteiger partial charge >= 0.3 is 0 Å². The van der Waals surface area contributed by atoms with Gasteiger partial charge in [-0.25, -0.2) is 0 Å². The van der Waals surface area contributed by atoms with Gasteiger partial charge in [-0.1, -0.05) is 46.4 Å². The molecule has 1 aromatic carbocycles. The van der Waals surface area contributed by atoms with Crippen LogP contribution >= 0.6 is 46.4 Å². The topological polar surface area (TPSA) is 0 Å². The van der Waals surface area contributed by atoms with Crippen LogP contribution in [0.4, 0.5) is 0 Å². The van der Waals surface area contributed by atoms with Crippen LogP contribution in [-0.2, 0) is 0 Å². The van der Waals surface area contributed by atoms with Gasteiger partial charge in [-0.3, -0.25) is 0 Å². The molecule has 0 N–H and O–H groups in total. The molecule has 0 atom stereocenters. The fraction of sp³-hybridized carbons (Fsp3) is 0.143. The fourth-order valence-corrected chi connectivity index (χ4v) is 1.50. The molecule has 0 aliphatic carbocycles. The number of hydrogen-bond donors (Lipinski definition) is 0. The van der Waals surface area contributed by atoms with Gasteiger partial charge in [0.25, 0.3) is 0 Å². The maximum Gasteiger partial charge on any atom is 0.0788 e. The van der Waals surface area contributed by atoms with Gasteiger partial charge in [0.1, 0.15) is 0 Å². The molecule has 0 nitrogen and oxygen atoms in total. The molecule has 0 aliphatic rings. The summed E-state index contributed by atoms with van der Waals surface area (Å²) in [6.07, 6.45) is 0. The molecule has 59 valence electrons. The summed E-state index contributed by atoms with van der Waals surface area (Å²) in [5.41, 5.74) is 0.697. The zero-order chi connectivity index (χ0) is 8.59. The third-order valence-electron chi connectivity index (χ3n) is 1.26. The standard InChI is InChI=1S/C7H3Cl4/c1-3-4(8)2-5(9)7(11)6(3)10/h1H3. The summed E-state index contributed by atoms with van der Waals surface area (Å²) in [6.45, 7) is 1.75. The minimum atomic E-state index is 0.257. The van der Waals surface area contributed by atoms with E-state index in [9.17, 15) is 0 Å². The van der Waals surface area contributed by atoms with Gasteiger partial charge < -0.3 is 0 Å². The van der Waals surface area contributed by atoms with Crippen LogP contribution < -0.4 is 0 Å². The van der Waals surface area contributed by atoms with Crippen molar-refractivity contribution in [1.29, 1.82) is 0 Å². The first-order chi connectivity index (χ1) is 5.04. The second-order valence-corrected chi connectivity index (χ2v) is 3.52. The summed E-state index contributed by atoms with van der Waals surface area (Å²) >= 11 is 22.8. The normalized spacial score (nSPS) is 10.3. The van der Waals surface area contributed by atoms with Gasteiger partial charge in [0.2, 0.25) is 0 Å². The number of rotatable bonds is 0. The van der Waals surface area contributed by atoms with Crippen molar-refractivity contribution in [2.45, 2.75) is 6.92 Å². The maximum atomic E-state index is 5.77. The highest BCUT2D eigenvalue weighted by Gasteiger charge is 2.09. The summed E-state index contributed by atoms with van der Waals surface area (Å²) in [5.74, 6) is 0. The van der Waals surface area contributed by atoms with Crippen molar-refractivity contribution in [2.75, 3.05) is 0 Å². The first kappa shape index (κ1) is 9.47. The highest BCUT2D eigenvalue weighted by Crippen LogP contribution is 2.35. The molecule has 4 heteroatoms. The highest BCUT2D eigenvalue weighted by molar-refractivity contribution is 6.49. The second kappa shape index (κ2) is 3.40. The second-order valence-electron chi connectivity index (χ2n) is 2.01. The van der Waals surface area contributed by atoms with Crippen molar-refractivity contribution in [3.8, 4) is 0 Å². The molecule has 11 heavy (non-hydrogen) atoms. The molecule has 0 aromatic heterocycles. The van der Waals surface area contributed by atoms with E-state index < -0.39 is 0 Å². The molecule has 1 radical (unpaired) electrons. The number of halogens is 4. The van der Waals surface area contributed by atoms with Gasteiger partial charge in [0.05, 0.1) is 20.1 Å². The molecule has 0 bridgehead atoms. The summed E-state index contributed by atoms with van der Waals surface area (Å²) < 4.78 is 0. The predicted octanol–water partition coefficient (Wildman–Crippen LogP) is 4.41. The van der Waals surface area contributed by atoms with Crippen molar-refractivity contribution in [3.05, 3.63) is 31.7 Å². The largest absolute Gasteiger partial charge is 0.0833 e. The zero-order valence-electron chi connectivity index (χ0n) is 5.51. The Morgan fingerprint density at radius 2 is 1.45 bits per heavy atom. The van der Waals surface area contributed by atoms with Crippen molar-refractivity contribution in [2.24, 2.45) is 0 Å². The Bertz CT molecular complexity index is 267. The Balaban J connectivity index is 3.46. The van der Waals surface area contributed by atoms with Crippen LogP contribution in [0.25, 0.3) is 0 Å². The molecule has 0 aliphatic heterocycles. The third-order valence-corrected chi connectivity index (χ3v) is 2.97. The highest BCUT2D eigenvalue weighted by atomic mass is 35.5. The van der Waals surface area contributed by atoms with Crippen LogP contribution in [0.3, 0.4) is 0 Å². The molecule has 0 unspecified atom stereocenters. The van der Waals surface area contributed by atoms with E-state index in [-0.39, 0.29) is 5.02 Å². The quantitative estimate of drug-likeness (QED) is 0.456. The SMILES string of the molecule is Cc1c(Cl)[c]c(Cl)c(Cl)c1Cl. The van der Waals surface area contributed by atoms with Gasteiger partial charge in [0, 0.05) is 6.07 Å². The van der Waals surface area contributed by atoms with E-state index in [2.05, 4.69) is 6.07 Å². The minimum absolute atomic E-state index is 0.257. The smallest absolute Gasteiger partial charge is 0.0788 e. The average molecular weight is 229 g/mol. The van der Waals surface area contributed by atoms with E-state index >= 15 is 0 Å². The molecule has 1 rings (SSSR count). The molecule has 0 amide bonds. The van der Waals surface area contributed by atoms with Crippen molar-refractivity contribution in [3.63, 3.8) is 0 Å². The molecule has 0 saturated heterocycles. The molecule has 0 saturated carbocycles. The van der Waals surface area contributed by atoms with Gasteiger partial charge in [0.15, 0.2) is 0 Å². The summed E-state index contributed by atoms with van der Waals surface area (Å²) in [7, 11) is 0. The molecular weight excluding hydrogens is 226 g/mol. The molecule has 0 spiro atoms. The zero-order valence-corrected chi connectivity index (χ0v) is 8.54. The van der Waals surface area contributed by atoms with E-state index in [4.69, 9.17) is 46.4 Å². The number of benzene rings is 1. The minimum Gasteiger partial charge on any atom is -0.0833 e. The van der Waals surface area contributed by atoms with E-state index in [1.165, 1.54) is 0 Å². The van der Waals surface area contributed by atoms with Crippen LogP contribution in [0.5, 0.6) is 0 Å². The predicted molar refractivity (Wildman–Crippen MR) is 50.1 cm³/mol. The van der Waals surface area contributed by atoms with E-state index in [0.717, 1.165) is 0 Å². The lowest BCUT2D eigenvalue weighted by Gasteiger charge is -2.03. The Kier molecular flexibility index (Phi) is 2.93.